The summed E-state index contributed by atoms with van der Waals surface area (Å²) in [7, 11) is 0. The van der Waals surface area contributed by atoms with Gasteiger partial charge in [-0.2, -0.15) is 0 Å². The van der Waals surface area contributed by atoms with Crippen LogP contribution in [0.4, 0.5) is 5.69 Å². The molecular formula is C27H23NO3. The van der Waals surface area contributed by atoms with Gasteiger partial charge in [-0.05, 0) is 30.0 Å². The molecule has 2 atom stereocenters. The van der Waals surface area contributed by atoms with Crippen molar-refractivity contribution >= 4 is 23.5 Å². The molecule has 1 heterocycles. The molecule has 1 amide bonds. The predicted octanol–water partition coefficient (Wildman–Crippen LogP) is 4.38. The molecule has 154 valence electrons. The van der Waals surface area contributed by atoms with Crippen LogP contribution < -0.4 is 4.90 Å². The maximum Gasteiger partial charge on any atom is 0.264 e. The van der Waals surface area contributed by atoms with Gasteiger partial charge in [0.2, 0.25) is 0 Å². The Morgan fingerprint density at radius 3 is 2.48 bits per heavy atom. The first-order chi connectivity index (χ1) is 15.1. The van der Waals surface area contributed by atoms with Crippen LogP contribution in [0.15, 0.2) is 84.9 Å². The van der Waals surface area contributed by atoms with E-state index in [1.165, 1.54) is 0 Å². The minimum Gasteiger partial charge on any atom is -0.375 e. The quantitative estimate of drug-likeness (QED) is 0.696. The summed E-state index contributed by atoms with van der Waals surface area (Å²) in [6, 6.07) is 24.6. The molecule has 4 nitrogen and oxygen atoms in total. The summed E-state index contributed by atoms with van der Waals surface area (Å²) in [5.41, 5.74) is 1.97. The minimum absolute atomic E-state index is 0.158. The van der Waals surface area contributed by atoms with E-state index in [1.54, 1.807) is 17.0 Å². The number of carbonyl (C=O) groups excluding carboxylic acids is 2. The van der Waals surface area contributed by atoms with Crippen molar-refractivity contribution in [3.8, 4) is 0 Å². The summed E-state index contributed by atoms with van der Waals surface area (Å²) in [6.07, 6.45) is 4.97. The van der Waals surface area contributed by atoms with Crippen LogP contribution in [0.25, 0.3) is 6.08 Å². The van der Waals surface area contributed by atoms with Gasteiger partial charge in [-0.15, -0.1) is 0 Å². The number of anilines is 1. The van der Waals surface area contributed by atoms with Crippen molar-refractivity contribution in [1.29, 1.82) is 0 Å². The van der Waals surface area contributed by atoms with Crippen molar-refractivity contribution in [2.45, 2.75) is 18.4 Å². The second-order valence-corrected chi connectivity index (χ2v) is 8.12. The maximum atomic E-state index is 13.6. The SMILES string of the molecule is O=C1c2ccccc2CCC1C1(O)C(=O)N(CC=Cc2ccccc2)c2ccccc21. The smallest absolute Gasteiger partial charge is 0.264 e. The largest absolute Gasteiger partial charge is 0.375 e. The summed E-state index contributed by atoms with van der Waals surface area (Å²) < 4.78 is 0. The number of hydrogen-bond acceptors (Lipinski definition) is 3. The van der Waals surface area contributed by atoms with Gasteiger partial charge in [0.1, 0.15) is 0 Å². The number of Topliss-reactive ketones (excluding diaryl/α,β-unsaturated/α-hetero) is 1. The molecule has 0 radical (unpaired) electrons. The van der Waals surface area contributed by atoms with Crippen molar-refractivity contribution in [2.75, 3.05) is 11.4 Å². The third kappa shape index (κ3) is 3.11. The summed E-state index contributed by atoms with van der Waals surface area (Å²) in [4.78, 5) is 28.5. The molecule has 0 bridgehead atoms. The third-order valence-corrected chi connectivity index (χ3v) is 6.38. The van der Waals surface area contributed by atoms with Crippen LogP contribution in [-0.4, -0.2) is 23.3 Å². The van der Waals surface area contributed by atoms with Crippen LogP contribution in [0.3, 0.4) is 0 Å². The van der Waals surface area contributed by atoms with Crippen LogP contribution in [0.1, 0.15) is 33.5 Å². The molecule has 0 aromatic heterocycles. The molecule has 0 saturated heterocycles. The zero-order chi connectivity index (χ0) is 21.4. The standard InChI is InChI=1S/C27H23NO3/c29-25-21-13-5-4-12-20(21)16-17-23(25)27(31)22-14-6-7-15-24(22)28(26(27)30)18-8-11-19-9-2-1-3-10-19/h1-15,23,31H,16-18H2. The lowest BCUT2D eigenvalue weighted by molar-refractivity contribution is -0.140. The van der Waals surface area contributed by atoms with E-state index in [2.05, 4.69) is 0 Å². The average molecular weight is 409 g/mol. The number of nitrogens with zero attached hydrogens (tertiary/aromatic N) is 1. The Kier molecular flexibility index (Phi) is 4.79. The first kappa shape index (κ1) is 19.5. The van der Waals surface area contributed by atoms with Gasteiger partial charge in [0.15, 0.2) is 11.4 Å². The first-order valence-corrected chi connectivity index (χ1v) is 10.6. The van der Waals surface area contributed by atoms with Crippen LogP contribution in [-0.2, 0) is 16.8 Å². The van der Waals surface area contributed by atoms with Crippen LogP contribution in [0.2, 0.25) is 0 Å². The highest BCUT2D eigenvalue weighted by Gasteiger charge is 2.57. The van der Waals surface area contributed by atoms with Gasteiger partial charge in [-0.3, -0.25) is 9.59 Å². The predicted molar refractivity (Wildman–Crippen MR) is 121 cm³/mol. The van der Waals surface area contributed by atoms with E-state index < -0.39 is 17.4 Å². The number of hydrogen-bond donors (Lipinski definition) is 1. The molecule has 1 N–H and O–H groups in total. The van der Waals surface area contributed by atoms with Gasteiger partial charge >= 0.3 is 0 Å². The molecular weight excluding hydrogens is 386 g/mol. The molecule has 31 heavy (non-hydrogen) atoms. The molecule has 1 aliphatic heterocycles. The van der Waals surface area contributed by atoms with Crippen molar-refractivity contribution in [2.24, 2.45) is 5.92 Å². The van der Waals surface area contributed by atoms with Gasteiger partial charge in [-0.1, -0.05) is 84.9 Å². The lowest BCUT2D eigenvalue weighted by atomic mass is 9.71. The second-order valence-electron chi connectivity index (χ2n) is 8.12. The average Bonchev–Trinajstić information content (AvgIpc) is 3.03. The maximum absolute atomic E-state index is 13.6. The molecule has 0 saturated carbocycles. The monoisotopic (exact) mass is 409 g/mol. The van der Waals surface area contributed by atoms with E-state index in [4.69, 9.17) is 0 Å². The van der Waals surface area contributed by atoms with E-state index in [0.717, 1.165) is 11.1 Å². The van der Waals surface area contributed by atoms with Gasteiger partial charge < -0.3 is 10.0 Å². The number of aryl methyl sites for hydroxylation is 1. The minimum atomic E-state index is -1.85. The molecule has 0 spiro atoms. The number of para-hydroxylation sites is 1. The number of fused-ring (bicyclic) bond motifs is 2. The summed E-state index contributed by atoms with van der Waals surface area (Å²) in [5.74, 6) is -1.38. The van der Waals surface area contributed by atoms with Crippen LogP contribution >= 0.6 is 0 Å². The van der Waals surface area contributed by atoms with E-state index >= 15 is 0 Å². The van der Waals surface area contributed by atoms with Crippen molar-refractivity contribution < 1.29 is 14.7 Å². The Balaban J connectivity index is 1.49. The van der Waals surface area contributed by atoms with Crippen molar-refractivity contribution in [3.63, 3.8) is 0 Å². The lowest BCUT2D eigenvalue weighted by Crippen LogP contribution is -2.49. The fourth-order valence-electron chi connectivity index (χ4n) is 4.83. The summed E-state index contributed by atoms with van der Waals surface area (Å²) in [5, 5.41) is 11.8. The molecule has 2 aliphatic rings. The number of ketones is 1. The Bertz CT molecular complexity index is 1180. The number of carbonyl (C=O) groups is 2. The lowest BCUT2D eigenvalue weighted by Gasteiger charge is -2.34. The van der Waals surface area contributed by atoms with Crippen molar-refractivity contribution in [1.82, 2.24) is 0 Å². The Hall–Kier alpha value is -3.50. The van der Waals surface area contributed by atoms with Crippen molar-refractivity contribution in [3.05, 3.63) is 107 Å². The number of aliphatic hydroxyl groups is 1. The first-order valence-electron chi connectivity index (χ1n) is 10.6. The van der Waals surface area contributed by atoms with E-state index in [0.29, 0.717) is 36.2 Å². The number of rotatable bonds is 4. The van der Waals surface area contributed by atoms with Crippen LogP contribution in [0.5, 0.6) is 0 Å². The Morgan fingerprint density at radius 2 is 1.65 bits per heavy atom. The Labute approximate surface area is 181 Å². The van der Waals surface area contributed by atoms with E-state index in [9.17, 15) is 14.7 Å². The molecule has 4 heteroatoms. The van der Waals surface area contributed by atoms with Gasteiger partial charge in [-0.25, -0.2) is 0 Å². The molecule has 5 rings (SSSR count). The zero-order valence-corrected chi connectivity index (χ0v) is 17.1. The highest BCUT2D eigenvalue weighted by molar-refractivity contribution is 6.12. The molecule has 2 unspecified atom stereocenters. The molecule has 3 aromatic carbocycles. The fraction of sp³-hybridized carbons (Fsp3) is 0.185. The van der Waals surface area contributed by atoms with E-state index in [1.807, 2.05) is 78.9 Å². The van der Waals surface area contributed by atoms with Crippen LogP contribution in [0, 0.1) is 5.92 Å². The summed E-state index contributed by atoms with van der Waals surface area (Å²) in [6.45, 7) is 0.324. The van der Waals surface area contributed by atoms with E-state index in [-0.39, 0.29) is 5.78 Å². The van der Waals surface area contributed by atoms with Gasteiger partial charge in [0.05, 0.1) is 11.6 Å². The van der Waals surface area contributed by atoms with Gasteiger partial charge in [0.25, 0.3) is 5.91 Å². The fourth-order valence-corrected chi connectivity index (χ4v) is 4.83. The molecule has 0 fully saturated rings. The Morgan fingerprint density at radius 1 is 0.935 bits per heavy atom. The second kappa shape index (κ2) is 7.64. The van der Waals surface area contributed by atoms with Gasteiger partial charge in [0, 0.05) is 17.7 Å². The number of benzene rings is 3. The third-order valence-electron chi connectivity index (χ3n) is 6.38. The molecule has 1 aliphatic carbocycles. The topological polar surface area (TPSA) is 57.6 Å². The highest BCUT2D eigenvalue weighted by atomic mass is 16.3. The highest BCUT2D eigenvalue weighted by Crippen LogP contribution is 2.48. The zero-order valence-electron chi connectivity index (χ0n) is 17.1. The normalized spacial score (nSPS) is 22.6. The summed E-state index contributed by atoms with van der Waals surface area (Å²) >= 11 is 0. The molecule has 3 aromatic rings. The number of amides is 1.